The lowest BCUT2D eigenvalue weighted by atomic mass is 10.5. The van der Waals surface area contributed by atoms with Gasteiger partial charge < -0.3 is 5.32 Å². The van der Waals surface area contributed by atoms with Crippen molar-refractivity contribution < 1.29 is 4.79 Å². The molecule has 0 aliphatic carbocycles. The number of carbonyl (C=O) groups is 1. The van der Waals surface area contributed by atoms with Crippen LogP contribution in [-0.2, 0) is 4.79 Å². The summed E-state index contributed by atoms with van der Waals surface area (Å²) in [5.74, 6) is 0.363. The third-order valence-electron chi connectivity index (χ3n) is 1.06. The van der Waals surface area contributed by atoms with Gasteiger partial charge in [0.15, 0.2) is 5.82 Å². The Morgan fingerprint density at radius 2 is 2.27 bits per heavy atom. The fourth-order valence-electron chi connectivity index (χ4n) is 0.704. The highest BCUT2D eigenvalue weighted by atomic mass is 16.1. The number of amides is 1. The van der Waals surface area contributed by atoms with Crippen molar-refractivity contribution in [1.29, 1.82) is 0 Å². The average Bonchev–Trinajstić information content (AvgIpc) is 1.85. The largest absolute Gasteiger partial charge is 0.310 e. The zero-order chi connectivity index (χ0) is 8.27. The summed E-state index contributed by atoms with van der Waals surface area (Å²) in [7, 11) is 0. The van der Waals surface area contributed by atoms with Gasteiger partial charge in [-0.05, 0) is 6.92 Å². The zero-order valence-corrected chi connectivity index (χ0v) is 6.46. The number of hydrogen-bond donors (Lipinski definition) is 1. The molecule has 1 aromatic heterocycles. The van der Waals surface area contributed by atoms with Gasteiger partial charge in [0.05, 0.1) is 11.9 Å². The summed E-state index contributed by atoms with van der Waals surface area (Å²) in [6.45, 7) is 3.25. The van der Waals surface area contributed by atoms with Crippen molar-refractivity contribution >= 4 is 11.7 Å². The summed E-state index contributed by atoms with van der Waals surface area (Å²) in [5.41, 5.74) is 0.788. The molecule has 0 aliphatic heterocycles. The fraction of sp³-hybridized carbons (Fsp3) is 0.286. The maximum Gasteiger partial charge on any atom is 0.222 e. The normalized spacial score (nSPS) is 9.27. The highest BCUT2D eigenvalue weighted by Gasteiger charge is 1.95. The SMILES string of the molecule is CC(=O)Nc1cncc(C)n1. The number of aromatic nitrogens is 2. The van der Waals surface area contributed by atoms with Gasteiger partial charge in [0.25, 0.3) is 0 Å². The molecular formula is C7H9N3O. The molecule has 0 saturated heterocycles. The Morgan fingerprint density at radius 1 is 1.55 bits per heavy atom. The summed E-state index contributed by atoms with van der Waals surface area (Å²) in [4.78, 5) is 18.4. The lowest BCUT2D eigenvalue weighted by Gasteiger charge is -1.99. The first-order valence-corrected chi connectivity index (χ1v) is 3.25. The van der Waals surface area contributed by atoms with E-state index in [2.05, 4.69) is 15.3 Å². The van der Waals surface area contributed by atoms with E-state index in [1.54, 1.807) is 6.20 Å². The van der Waals surface area contributed by atoms with Crippen LogP contribution in [0.25, 0.3) is 0 Å². The molecule has 0 aliphatic rings. The fourth-order valence-corrected chi connectivity index (χ4v) is 0.704. The lowest BCUT2D eigenvalue weighted by molar-refractivity contribution is -0.114. The van der Waals surface area contributed by atoms with Crippen molar-refractivity contribution in [2.45, 2.75) is 13.8 Å². The van der Waals surface area contributed by atoms with Crippen molar-refractivity contribution in [2.24, 2.45) is 0 Å². The molecule has 1 N–H and O–H groups in total. The predicted molar refractivity (Wildman–Crippen MR) is 41.1 cm³/mol. The van der Waals surface area contributed by atoms with Gasteiger partial charge in [-0.3, -0.25) is 9.78 Å². The van der Waals surface area contributed by atoms with E-state index in [4.69, 9.17) is 0 Å². The molecular weight excluding hydrogens is 142 g/mol. The first kappa shape index (κ1) is 7.65. The third kappa shape index (κ3) is 2.33. The Bertz CT molecular complexity index is 272. The van der Waals surface area contributed by atoms with Gasteiger partial charge in [-0.1, -0.05) is 0 Å². The second kappa shape index (κ2) is 3.09. The summed E-state index contributed by atoms with van der Waals surface area (Å²) in [5, 5.41) is 2.53. The maximum atomic E-state index is 10.5. The minimum absolute atomic E-state index is 0.134. The molecule has 0 radical (unpaired) electrons. The summed E-state index contributed by atoms with van der Waals surface area (Å²) < 4.78 is 0. The molecule has 1 rings (SSSR count). The molecule has 0 aromatic carbocycles. The summed E-state index contributed by atoms with van der Waals surface area (Å²) >= 11 is 0. The Morgan fingerprint density at radius 3 is 2.82 bits per heavy atom. The number of rotatable bonds is 1. The quantitative estimate of drug-likeness (QED) is 0.644. The molecule has 1 aromatic rings. The number of anilines is 1. The Hall–Kier alpha value is -1.45. The van der Waals surface area contributed by atoms with Crippen LogP contribution < -0.4 is 5.32 Å². The average molecular weight is 151 g/mol. The van der Waals surface area contributed by atoms with E-state index < -0.39 is 0 Å². The van der Waals surface area contributed by atoms with Gasteiger partial charge in [-0.15, -0.1) is 0 Å². The smallest absolute Gasteiger partial charge is 0.222 e. The van der Waals surface area contributed by atoms with Crippen LogP contribution in [-0.4, -0.2) is 15.9 Å². The van der Waals surface area contributed by atoms with Crippen LogP contribution >= 0.6 is 0 Å². The molecule has 0 spiro atoms. The third-order valence-corrected chi connectivity index (χ3v) is 1.06. The molecule has 0 saturated carbocycles. The molecule has 1 heterocycles. The van der Waals surface area contributed by atoms with E-state index in [0.29, 0.717) is 5.82 Å². The van der Waals surface area contributed by atoms with Gasteiger partial charge in [0.2, 0.25) is 5.91 Å². The molecule has 0 atom stereocenters. The molecule has 0 fully saturated rings. The summed E-state index contributed by atoms with van der Waals surface area (Å²) in [6, 6.07) is 0. The van der Waals surface area contributed by atoms with Crippen LogP contribution in [0.1, 0.15) is 12.6 Å². The van der Waals surface area contributed by atoms with E-state index in [0.717, 1.165) is 5.69 Å². The van der Waals surface area contributed by atoms with Crippen LogP contribution in [0, 0.1) is 6.92 Å². The van der Waals surface area contributed by atoms with Gasteiger partial charge in [0, 0.05) is 13.1 Å². The minimum Gasteiger partial charge on any atom is -0.310 e. The number of carbonyl (C=O) groups excluding carboxylic acids is 1. The van der Waals surface area contributed by atoms with E-state index in [1.807, 2.05) is 6.92 Å². The molecule has 1 amide bonds. The van der Waals surface area contributed by atoms with Crippen LogP contribution in [0.15, 0.2) is 12.4 Å². The Labute approximate surface area is 64.7 Å². The minimum atomic E-state index is -0.134. The zero-order valence-electron chi connectivity index (χ0n) is 6.46. The first-order valence-electron chi connectivity index (χ1n) is 3.25. The molecule has 0 bridgehead atoms. The Balaban J connectivity index is 2.79. The predicted octanol–water partition coefficient (Wildman–Crippen LogP) is 0.743. The topological polar surface area (TPSA) is 54.9 Å². The highest BCUT2D eigenvalue weighted by molar-refractivity contribution is 5.87. The lowest BCUT2D eigenvalue weighted by Crippen LogP contribution is -2.07. The second-order valence-corrected chi connectivity index (χ2v) is 2.23. The highest BCUT2D eigenvalue weighted by Crippen LogP contribution is 1.99. The first-order chi connectivity index (χ1) is 5.18. The van der Waals surface area contributed by atoms with Crippen molar-refractivity contribution in [2.75, 3.05) is 5.32 Å². The molecule has 4 nitrogen and oxygen atoms in total. The monoisotopic (exact) mass is 151 g/mol. The molecule has 58 valence electrons. The standard InChI is InChI=1S/C7H9N3O/c1-5-3-8-4-7(9-5)10-6(2)11/h3-4H,1-2H3,(H,9,10,11). The second-order valence-electron chi connectivity index (χ2n) is 2.23. The summed E-state index contributed by atoms with van der Waals surface area (Å²) in [6.07, 6.45) is 3.14. The van der Waals surface area contributed by atoms with Crippen molar-refractivity contribution in [3.8, 4) is 0 Å². The van der Waals surface area contributed by atoms with Crippen LogP contribution in [0.4, 0.5) is 5.82 Å². The van der Waals surface area contributed by atoms with Gasteiger partial charge in [-0.25, -0.2) is 4.98 Å². The maximum absolute atomic E-state index is 10.5. The number of nitrogens with one attached hydrogen (secondary N) is 1. The molecule has 4 heteroatoms. The van der Waals surface area contributed by atoms with E-state index >= 15 is 0 Å². The molecule has 11 heavy (non-hydrogen) atoms. The van der Waals surface area contributed by atoms with Gasteiger partial charge in [0.1, 0.15) is 0 Å². The van der Waals surface area contributed by atoms with Crippen molar-refractivity contribution in [3.05, 3.63) is 18.1 Å². The van der Waals surface area contributed by atoms with Crippen molar-refractivity contribution in [3.63, 3.8) is 0 Å². The number of hydrogen-bond acceptors (Lipinski definition) is 3. The van der Waals surface area contributed by atoms with Gasteiger partial charge >= 0.3 is 0 Å². The van der Waals surface area contributed by atoms with Crippen LogP contribution in [0.5, 0.6) is 0 Å². The van der Waals surface area contributed by atoms with E-state index in [-0.39, 0.29) is 5.91 Å². The van der Waals surface area contributed by atoms with E-state index in [9.17, 15) is 4.79 Å². The Kier molecular flexibility index (Phi) is 2.15. The van der Waals surface area contributed by atoms with Crippen LogP contribution in [0.3, 0.4) is 0 Å². The van der Waals surface area contributed by atoms with Crippen molar-refractivity contribution in [1.82, 2.24) is 9.97 Å². The molecule has 0 unspecified atom stereocenters. The van der Waals surface area contributed by atoms with E-state index in [1.165, 1.54) is 13.1 Å². The number of aryl methyl sites for hydroxylation is 1. The van der Waals surface area contributed by atoms with Gasteiger partial charge in [-0.2, -0.15) is 0 Å². The van der Waals surface area contributed by atoms with Crippen LogP contribution in [0.2, 0.25) is 0 Å². The number of nitrogens with zero attached hydrogens (tertiary/aromatic N) is 2.